The van der Waals surface area contributed by atoms with Gasteiger partial charge in [0.2, 0.25) is 0 Å². The van der Waals surface area contributed by atoms with Crippen LogP contribution in [0.1, 0.15) is 48.5 Å². The number of benzene rings is 1. The summed E-state index contributed by atoms with van der Waals surface area (Å²) in [6, 6.07) is 14.6. The number of carbonyl (C=O) groups excluding carboxylic acids is 1. The van der Waals surface area contributed by atoms with Crippen LogP contribution in [0.15, 0.2) is 48.7 Å². The van der Waals surface area contributed by atoms with Gasteiger partial charge in [0.15, 0.2) is 0 Å². The number of rotatable bonds is 3. The number of hydrogen-bond donors (Lipinski definition) is 0. The third kappa shape index (κ3) is 3.20. The van der Waals surface area contributed by atoms with E-state index in [0.717, 1.165) is 63.2 Å². The Morgan fingerprint density at radius 1 is 1.00 bits per heavy atom. The zero-order chi connectivity index (χ0) is 18.0. The molecule has 1 amide bonds. The summed E-state index contributed by atoms with van der Waals surface area (Å²) in [4.78, 5) is 21.9. The van der Waals surface area contributed by atoms with E-state index in [1.54, 1.807) is 0 Å². The second-order valence-corrected chi connectivity index (χ2v) is 7.83. The Morgan fingerprint density at radius 3 is 2.54 bits per heavy atom. The molecule has 136 valence electrons. The van der Waals surface area contributed by atoms with Crippen LogP contribution < -0.4 is 4.90 Å². The van der Waals surface area contributed by atoms with E-state index in [-0.39, 0.29) is 11.3 Å². The van der Waals surface area contributed by atoms with Crippen LogP contribution in [0.5, 0.6) is 0 Å². The van der Waals surface area contributed by atoms with Crippen molar-refractivity contribution in [3.8, 4) is 0 Å². The summed E-state index contributed by atoms with van der Waals surface area (Å²) in [5.41, 5.74) is 2.21. The fraction of sp³-hybridized carbons (Fsp3) is 0.455. The number of nitrogens with zero attached hydrogens (tertiary/aromatic N) is 3. The highest BCUT2D eigenvalue weighted by atomic mass is 16.2. The third-order valence-electron chi connectivity index (χ3n) is 5.88. The SMILES string of the molecule is C[C@@]1(c2ccccc2)CCCN(c2ncccc2C(=O)N2CCCC2)C1. The predicted octanol–water partition coefficient (Wildman–Crippen LogP) is 3.88. The lowest BCUT2D eigenvalue weighted by atomic mass is 9.76. The monoisotopic (exact) mass is 349 g/mol. The van der Waals surface area contributed by atoms with Crippen LogP contribution in [-0.2, 0) is 5.41 Å². The number of pyridine rings is 1. The number of aromatic nitrogens is 1. The van der Waals surface area contributed by atoms with Crippen LogP contribution in [0.25, 0.3) is 0 Å². The van der Waals surface area contributed by atoms with Gasteiger partial charge in [-0.2, -0.15) is 0 Å². The molecule has 2 aliphatic heterocycles. The number of likely N-dealkylation sites (tertiary alicyclic amines) is 1. The van der Waals surface area contributed by atoms with E-state index in [4.69, 9.17) is 0 Å². The first kappa shape index (κ1) is 17.1. The molecule has 0 spiro atoms. The lowest BCUT2D eigenvalue weighted by molar-refractivity contribution is 0.0793. The molecule has 0 aliphatic carbocycles. The molecule has 4 nitrogen and oxygen atoms in total. The van der Waals surface area contributed by atoms with Crippen molar-refractivity contribution in [3.05, 3.63) is 59.8 Å². The molecule has 0 unspecified atom stereocenters. The van der Waals surface area contributed by atoms with Gasteiger partial charge in [0.25, 0.3) is 5.91 Å². The number of piperidine rings is 1. The molecular formula is C22H27N3O. The van der Waals surface area contributed by atoms with E-state index >= 15 is 0 Å². The maximum Gasteiger partial charge on any atom is 0.257 e. The Bertz CT molecular complexity index is 770. The van der Waals surface area contributed by atoms with Crippen LogP contribution in [0.4, 0.5) is 5.82 Å². The lowest BCUT2D eigenvalue weighted by Crippen LogP contribution is -2.45. The molecule has 0 radical (unpaired) electrons. The fourth-order valence-corrected chi connectivity index (χ4v) is 4.40. The molecule has 4 heteroatoms. The van der Waals surface area contributed by atoms with Gasteiger partial charge in [0, 0.05) is 37.8 Å². The zero-order valence-electron chi connectivity index (χ0n) is 15.5. The van der Waals surface area contributed by atoms with E-state index < -0.39 is 0 Å². The van der Waals surface area contributed by atoms with Gasteiger partial charge >= 0.3 is 0 Å². The minimum atomic E-state index is 0.0883. The van der Waals surface area contributed by atoms with Gasteiger partial charge in [0.05, 0.1) is 5.56 Å². The molecule has 0 saturated carbocycles. The van der Waals surface area contributed by atoms with Crippen LogP contribution in [-0.4, -0.2) is 42.0 Å². The summed E-state index contributed by atoms with van der Waals surface area (Å²) in [5.74, 6) is 0.990. The highest BCUT2D eigenvalue weighted by Gasteiger charge is 2.35. The Labute approximate surface area is 155 Å². The smallest absolute Gasteiger partial charge is 0.257 e. The third-order valence-corrected chi connectivity index (χ3v) is 5.88. The van der Waals surface area contributed by atoms with Crippen molar-refractivity contribution in [2.75, 3.05) is 31.1 Å². The first-order valence-corrected chi connectivity index (χ1v) is 9.72. The molecule has 2 fully saturated rings. The molecule has 0 bridgehead atoms. The van der Waals surface area contributed by atoms with Crippen molar-refractivity contribution >= 4 is 11.7 Å². The quantitative estimate of drug-likeness (QED) is 0.844. The minimum Gasteiger partial charge on any atom is -0.355 e. The zero-order valence-corrected chi connectivity index (χ0v) is 15.5. The van der Waals surface area contributed by atoms with E-state index in [1.807, 2.05) is 23.2 Å². The first-order valence-electron chi connectivity index (χ1n) is 9.72. The van der Waals surface area contributed by atoms with Crippen LogP contribution in [0.3, 0.4) is 0 Å². The van der Waals surface area contributed by atoms with Gasteiger partial charge in [-0.25, -0.2) is 4.98 Å². The second kappa shape index (κ2) is 7.10. The average molecular weight is 349 g/mol. The maximum absolute atomic E-state index is 13.0. The summed E-state index contributed by atoms with van der Waals surface area (Å²) in [6.07, 6.45) is 6.30. The van der Waals surface area contributed by atoms with E-state index in [0.29, 0.717) is 0 Å². The summed E-state index contributed by atoms with van der Waals surface area (Å²) in [7, 11) is 0. The average Bonchev–Trinajstić information content (AvgIpc) is 3.23. The molecule has 1 aromatic heterocycles. The Morgan fingerprint density at radius 2 is 1.77 bits per heavy atom. The molecular weight excluding hydrogens is 322 g/mol. The molecule has 26 heavy (non-hydrogen) atoms. The largest absolute Gasteiger partial charge is 0.355 e. The van der Waals surface area contributed by atoms with E-state index in [2.05, 4.69) is 47.1 Å². The van der Waals surface area contributed by atoms with Crippen molar-refractivity contribution < 1.29 is 4.79 Å². The van der Waals surface area contributed by atoms with E-state index in [9.17, 15) is 4.79 Å². The maximum atomic E-state index is 13.0. The molecule has 2 aliphatic rings. The number of hydrogen-bond acceptors (Lipinski definition) is 3. The Hall–Kier alpha value is -2.36. The standard InChI is InChI=1S/C22H27N3O/c1-22(18-9-3-2-4-10-18)12-8-16-25(17-22)20-19(11-7-13-23-20)21(26)24-14-5-6-15-24/h2-4,7,9-11,13H,5-6,8,12,14-17H2,1H3/t22-/m1/s1. The normalized spacial score (nSPS) is 23.3. The van der Waals surface area contributed by atoms with Gasteiger partial charge in [-0.1, -0.05) is 37.3 Å². The Balaban J connectivity index is 1.62. The van der Waals surface area contributed by atoms with Gasteiger partial charge in [-0.15, -0.1) is 0 Å². The van der Waals surface area contributed by atoms with Gasteiger partial charge < -0.3 is 9.80 Å². The second-order valence-electron chi connectivity index (χ2n) is 7.83. The van der Waals surface area contributed by atoms with Crippen molar-refractivity contribution in [1.29, 1.82) is 0 Å². The fourth-order valence-electron chi connectivity index (χ4n) is 4.40. The van der Waals surface area contributed by atoms with Crippen molar-refractivity contribution in [1.82, 2.24) is 9.88 Å². The molecule has 2 aromatic rings. The topological polar surface area (TPSA) is 36.4 Å². The molecule has 1 aromatic carbocycles. The van der Waals surface area contributed by atoms with Crippen LogP contribution in [0, 0.1) is 0 Å². The van der Waals surface area contributed by atoms with Crippen LogP contribution >= 0.6 is 0 Å². The van der Waals surface area contributed by atoms with Gasteiger partial charge in [0.1, 0.15) is 5.82 Å². The molecule has 2 saturated heterocycles. The number of anilines is 1. The summed E-state index contributed by atoms with van der Waals surface area (Å²) < 4.78 is 0. The van der Waals surface area contributed by atoms with Gasteiger partial charge in [-0.3, -0.25) is 4.79 Å². The Kier molecular flexibility index (Phi) is 4.66. The molecule has 1 atom stereocenters. The summed E-state index contributed by atoms with van der Waals surface area (Å²) in [6.45, 7) is 5.93. The van der Waals surface area contributed by atoms with Crippen molar-refractivity contribution in [2.45, 2.75) is 38.0 Å². The van der Waals surface area contributed by atoms with Gasteiger partial charge in [-0.05, 0) is 43.4 Å². The molecule has 4 rings (SSSR count). The van der Waals surface area contributed by atoms with Crippen LogP contribution in [0.2, 0.25) is 0 Å². The molecule has 3 heterocycles. The predicted molar refractivity (Wildman–Crippen MR) is 105 cm³/mol. The highest BCUT2D eigenvalue weighted by Crippen LogP contribution is 2.36. The number of amides is 1. The lowest BCUT2D eigenvalue weighted by Gasteiger charge is -2.42. The van der Waals surface area contributed by atoms with Crippen molar-refractivity contribution in [3.63, 3.8) is 0 Å². The van der Waals surface area contributed by atoms with E-state index in [1.165, 1.54) is 5.56 Å². The minimum absolute atomic E-state index is 0.0883. The molecule has 0 N–H and O–H groups in total. The number of carbonyl (C=O) groups is 1. The first-order chi connectivity index (χ1) is 12.7. The summed E-state index contributed by atoms with van der Waals surface area (Å²) in [5, 5.41) is 0. The highest BCUT2D eigenvalue weighted by molar-refractivity contribution is 5.99. The summed E-state index contributed by atoms with van der Waals surface area (Å²) >= 11 is 0. The van der Waals surface area contributed by atoms with Crippen molar-refractivity contribution in [2.24, 2.45) is 0 Å².